The van der Waals surface area contributed by atoms with E-state index in [1.807, 2.05) is 0 Å². The molecule has 0 unspecified atom stereocenters. The number of aliphatic hydroxyl groups excluding tert-OH is 1. The van der Waals surface area contributed by atoms with E-state index in [9.17, 15) is 23.2 Å². The van der Waals surface area contributed by atoms with Crippen LogP contribution >= 0.6 is 0 Å². The van der Waals surface area contributed by atoms with Gasteiger partial charge in [-0.05, 0) is 29.3 Å². The Balaban J connectivity index is 1.45. The van der Waals surface area contributed by atoms with Gasteiger partial charge in [-0.2, -0.15) is 0 Å². The Bertz CT molecular complexity index is 1080. The third-order valence-electron chi connectivity index (χ3n) is 5.24. The highest BCUT2D eigenvalue weighted by molar-refractivity contribution is 6.36. The van der Waals surface area contributed by atoms with Crippen LogP contribution in [0.5, 0.6) is 5.88 Å². The number of rotatable bonds is 7. The fraction of sp³-hybridized carbons (Fsp3) is 0.333. The van der Waals surface area contributed by atoms with Crippen molar-refractivity contribution >= 4 is 29.0 Å². The molecule has 1 aromatic heterocycles. The van der Waals surface area contributed by atoms with Gasteiger partial charge in [0.1, 0.15) is 31.1 Å². The molecule has 3 heterocycles. The van der Waals surface area contributed by atoms with Gasteiger partial charge in [0.2, 0.25) is 5.78 Å². The Morgan fingerprint density at radius 2 is 2.03 bits per heavy atom. The average molecular weight is 463 g/mol. The number of benzene rings is 1. The van der Waals surface area contributed by atoms with Gasteiger partial charge in [-0.15, -0.1) is 0 Å². The van der Waals surface area contributed by atoms with E-state index in [4.69, 9.17) is 14.6 Å². The lowest BCUT2D eigenvalue weighted by Gasteiger charge is -2.26. The Morgan fingerprint density at radius 3 is 2.64 bits per heavy atom. The first-order valence-corrected chi connectivity index (χ1v) is 10.00. The lowest BCUT2D eigenvalue weighted by atomic mass is 9.97. The number of halogens is 2. The predicted molar refractivity (Wildman–Crippen MR) is 107 cm³/mol. The maximum absolute atomic E-state index is 14.9. The summed E-state index contributed by atoms with van der Waals surface area (Å²) in [5, 5.41) is 12.4. The van der Waals surface area contributed by atoms with Gasteiger partial charge in [0.25, 0.3) is 11.8 Å². The summed E-state index contributed by atoms with van der Waals surface area (Å²) in [5.41, 5.74) is 0.0576. The molecule has 0 spiro atoms. The smallest absolute Gasteiger partial charge is 0.414 e. The van der Waals surface area contributed by atoms with Crippen molar-refractivity contribution in [3.8, 4) is 5.88 Å². The van der Waals surface area contributed by atoms with Crippen molar-refractivity contribution < 1.29 is 42.3 Å². The SMILES string of the molecule is O=C(CO)C(=O)N1CC=C(c2c(F)cc(N3C[C@H](COc4ccon4)OC3=O)cc2F)CC1. The number of anilines is 1. The molecule has 1 saturated heterocycles. The molecule has 1 atom stereocenters. The third kappa shape index (κ3) is 4.70. The molecule has 4 rings (SSSR count). The van der Waals surface area contributed by atoms with Gasteiger partial charge in [0, 0.05) is 24.7 Å². The number of hydrogen-bond acceptors (Lipinski definition) is 8. The molecule has 2 amide bonds. The second kappa shape index (κ2) is 9.36. The molecule has 1 aromatic carbocycles. The summed E-state index contributed by atoms with van der Waals surface area (Å²) in [6.45, 7) is -0.843. The van der Waals surface area contributed by atoms with Gasteiger partial charge >= 0.3 is 6.09 Å². The molecule has 1 fully saturated rings. The first kappa shape index (κ1) is 22.4. The van der Waals surface area contributed by atoms with Crippen molar-refractivity contribution in [2.45, 2.75) is 12.5 Å². The molecule has 12 heteroatoms. The zero-order chi connectivity index (χ0) is 23.5. The number of amides is 2. The minimum absolute atomic E-state index is 0.00978. The topological polar surface area (TPSA) is 122 Å². The fourth-order valence-corrected chi connectivity index (χ4v) is 3.62. The second-order valence-electron chi connectivity index (χ2n) is 7.36. The monoisotopic (exact) mass is 463 g/mol. The lowest BCUT2D eigenvalue weighted by Crippen LogP contribution is -2.40. The normalized spacial score (nSPS) is 18.2. The van der Waals surface area contributed by atoms with E-state index in [1.165, 1.54) is 23.3 Å². The molecule has 2 aliphatic heterocycles. The van der Waals surface area contributed by atoms with Crippen LogP contribution in [0.15, 0.2) is 35.1 Å². The van der Waals surface area contributed by atoms with E-state index in [0.29, 0.717) is 5.57 Å². The van der Waals surface area contributed by atoms with Gasteiger partial charge < -0.3 is 24.0 Å². The Hall–Kier alpha value is -3.80. The molecule has 0 saturated carbocycles. The summed E-state index contributed by atoms with van der Waals surface area (Å²) in [4.78, 5) is 37.7. The van der Waals surface area contributed by atoms with Crippen molar-refractivity contribution in [1.82, 2.24) is 10.1 Å². The van der Waals surface area contributed by atoms with Crippen LogP contribution in [0.4, 0.5) is 19.3 Å². The van der Waals surface area contributed by atoms with Crippen molar-refractivity contribution in [1.29, 1.82) is 0 Å². The van der Waals surface area contributed by atoms with Gasteiger partial charge in [0.15, 0.2) is 6.10 Å². The van der Waals surface area contributed by atoms with Crippen LogP contribution in [0.25, 0.3) is 5.57 Å². The van der Waals surface area contributed by atoms with E-state index in [0.717, 1.165) is 17.0 Å². The molecular weight excluding hydrogens is 444 g/mol. The molecule has 174 valence electrons. The number of ether oxygens (including phenoxy) is 2. The Labute approximate surface area is 185 Å². The third-order valence-corrected chi connectivity index (χ3v) is 5.24. The van der Waals surface area contributed by atoms with Crippen molar-refractivity contribution in [2.75, 3.05) is 37.7 Å². The van der Waals surface area contributed by atoms with E-state index in [2.05, 4.69) is 9.68 Å². The van der Waals surface area contributed by atoms with Crippen LogP contribution in [-0.4, -0.2) is 71.9 Å². The summed E-state index contributed by atoms with van der Waals surface area (Å²) in [6.07, 6.45) is 1.45. The zero-order valence-corrected chi connectivity index (χ0v) is 17.2. The number of Topliss-reactive ketones (excluding diaryl/α,β-unsaturated/α-hetero) is 1. The summed E-state index contributed by atoms with van der Waals surface area (Å²) in [6, 6.07) is 3.56. The Kier molecular flexibility index (Phi) is 6.36. The maximum Gasteiger partial charge on any atom is 0.414 e. The van der Waals surface area contributed by atoms with Crippen molar-refractivity contribution in [2.24, 2.45) is 0 Å². The van der Waals surface area contributed by atoms with E-state index in [-0.39, 0.29) is 49.8 Å². The molecule has 0 bridgehead atoms. The first-order valence-electron chi connectivity index (χ1n) is 10.00. The highest BCUT2D eigenvalue weighted by atomic mass is 19.1. The fourth-order valence-electron chi connectivity index (χ4n) is 3.62. The van der Waals surface area contributed by atoms with E-state index in [1.54, 1.807) is 0 Å². The lowest BCUT2D eigenvalue weighted by molar-refractivity contribution is -0.145. The van der Waals surface area contributed by atoms with Crippen LogP contribution in [0.3, 0.4) is 0 Å². The van der Waals surface area contributed by atoms with Gasteiger partial charge in [-0.3, -0.25) is 14.5 Å². The molecule has 33 heavy (non-hydrogen) atoms. The van der Waals surface area contributed by atoms with Gasteiger partial charge in [-0.1, -0.05) is 6.08 Å². The molecule has 0 aliphatic carbocycles. The number of aromatic nitrogens is 1. The molecule has 1 N–H and O–H groups in total. The summed E-state index contributed by atoms with van der Waals surface area (Å²) in [5.74, 6) is -3.34. The largest absolute Gasteiger partial charge is 0.471 e. The molecule has 2 aliphatic rings. The van der Waals surface area contributed by atoms with Crippen LogP contribution < -0.4 is 9.64 Å². The number of carbonyl (C=O) groups is 3. The minimum Gasteiger partial charge on any atom is -0.471 e. The number of nitrogens with zero attached hydrogens (tertiary/aromatic N) is 3. The van der Waals surface area contributed by atoms with Crippen molar-refractivity contribution in [3.63, 3.8) is 0 Å². The van der Waals surface area contributed by atoms with Gasteiger partial charge in [-0.25, -0.2) is 13.6 Å². The average Bonchev–Trinajstić information content (AvgIpc) is 3.46. The number of carbonyl (C=O) groups excluding carboxylic acids is 3. The number of cyclic esters (lactones) is 1. The van der Waals surface area contributed by atoms with Crippen LogP contribution in [-0.2, 0) is 14.3 Å². The standard InChI is InChI=1S/C21H19F2N3O7/c22-15-7-13(26-9-14(33-21(26)30)11-31-18-3-6-32-24-18)8-16(23)19(15)12-1-4-25(5-2-12)20(29)17(28)10-27/h1,3,6-8,14,27H,2,4-5,9-11H2/t14-/m1/s1. The Morgan fingerprint density at radius 1 is 1.27 bits per heavy atom. The van der Waals surface area contributed by atoms with E-state index < -0.39 is 42.1 Å². The van der Waals surface area contributed by atoms with Crippen LogP contribution in [0.1, 0.15) is 12.0 Å². The number of aliphatic hydroxyl groups is 1. The first-order chi connectivity index (χ1) is 15.9. The zero-order valence-electron chi connectivity index (χ0n) is 17.2. The van der Waals surface area contributed by atoms with E-state index >= 15 is 0 Å². The highest BCUT2D eigenvalue weighted by Gasteiger charge is 2.34. The summed E-state index contributed by atoms with van der Waals surface area (Å²) < 4.78 is 44.9. The maximum atomic E-state index is 14.9. The molecule has 2 aromatic rings. The van der Waals surface area contributed by atoms with Gasteiger partial charge in [0.05, 0.1) is 12.2 Å². The predicted octanol–water partition coefficient (Wildman–Crippen LogP) is 1.53. The van der Waals surface area contributed by atoms with Crippen LogP contribution in [0, 0.1) is 11.6 Å². The van der Waals surface area contributed by atoms with Crippen molar-refractivity contribution in [3.05, 3.63) is 47.7 Å². The molecule has 0 radical (unpaired) electrons. The van der Waals surface area contributed by atoms with Crippen LogP contribution in [0.2, 0.25) is 0 Å². The quantitative estimate of drug-likeness (QED) is 0.614. The second-order valence-corrected chi connectivity index (χ2v) is 7.36. The minimum atomic E-state index is -0.948. The summed E-state index contributed by atoms with van der Waals surface area (Å²) >= 11 is 0. The summed E-state index contributed by atoms with van der Waals surface area (Å²) in [7, 11) is 0. The highest BCUT2D eigenvalue weighted by Crippen LogP contribution is 2.32. The molecule has 10 nitrogen and oxygen atoms in total. The number of ketones is 1. The molecular formula is C21H19F2N3O7. The number of hydrogen-bond donors (Lipinski definition) is 1.